The van der Waals surface area contributed by atoms with Gasteiger partial charge in [-0.3, -0.25) is 0 Å². The van der Waals surface area contributed by atoms with Gasteiger partial charge in [-0.25, -0.2) is 4.98 Å². The SMILES string of the molecule is CCOc1ccc(C)cc1-c1cn2cc(CO)ccc2n1. The number of hydrogen-bond donors (Lipinski definition) is 1. The van der Waals surface area contributed by atoms with Gasteiger partial charge in [-0.1, -0.05) is 17.7 Å². The summed E-state index contributed by atoms with van der Waals surface area (Å²) in [5, 5.41) is 9.22. The van der Waals surface area contributed by atoms with Crippen LogP contribution < -0.4 is 4.74 Å². The monoisotopic (exact) mass is 282 g/mol. The highest BCUT2D eigenvalue weighted by atomic mass is 16.5. The van der Waals surface area contributed by atoms with Gasteiger partial charge in [-0.05, 0) is 37.6 Å². The second-order valence-corrected chi connectivity index (χ2v) is 5.02. The van der Waals surface area contributed by atoms with Crippen LogP contribution in [0, 0.1) is 6.92 Å². The van der Waals surface area contributed by atoms with E-state index in [0.717, 1.165) is 28.2 Å². The average molecular weight is 282 g/mol. The molecule has 4 heteroatoms. The van der Waals surface area contributed by atoms with Crippen LogP contribution in [0.15, 0.2) is 42.7 Å². The first-order chi connectivity index (χ1) is 10.2. The Morgan fingerprint density at radius 3 is 2.81 bits per heavy atom. The van der Waals surface area contributed by atoms with E-state index in [-0.39, 0.29) is 6.61 Å². The summed E-state index contributed by atoms with van der Waals surface area (Å²) < 4.78 is 7.63. The van der Waals surface area contributed by atoms with Crippen LogP contribution >= 0.6 is 0 Å². The van der Waals surface area contributed by atoms with E-state index < -0.39 is 0 Å². The third kappa shape index (κ3) is 2.62. The van der Waals surface area contributed by atoms with Gasteiger partial charge in [0.05, 0.1) is 18.9 Å². The van der Waals surface area contributed by atoms with Crippen LogP contribution in [0.1, 0.15) is 18.1 Å². The van der Waals surface area contributed by atoms with Crippen molar-refractivity contribution in [3.63, 3.8) is 0 Å². The van der Waals surface area contributed by atoms with E-state index in [4.69, 9.17) is 4.74 Å². The molecular weight excluding hydrogens is 264 g/mol. The standard InChI is InChI=1S/C17H18N2O2/c1-3-21-16-6-4-12(2)8-14(16)15-10-19-9-13(11-20)5-7-17(19)18-15/h4-10,20H,3,11H2,1-2H3. The third-order valence-corrected chi connectivity index (χ3v) is 3.41. The molecule has 0 fully saturated rings. The zero-order valence-corrected chi connectivity index (χ0v) is 12.2. The fourth-order valence-corrected chi connectivity index (χ4v) is 2.39. The number of rotatable bonds is 4. The highest BCUT2D eigenvalue weighted by Crippen LogP contribution is 2.30. The largest absolute Gasteiger partial charge is 0.493 e. The molecular formula is C17H18N2O2. The number of ether oxygens (including phenoxy) is 1. The minimum absolute atomic E-state index is 0.0259. The predicted octanol–water partition coefficient (Wildman–Crippen LogP) is 3.20. The third-order valence-electron chi connectivity index (χ3n) is 3.41. The average Bonchev–Trinajstić information content (AvgIpc) is 2.92. The molecule has 0 aliphatic carbocycles. The molecule has 0 atom stereocenters. The predicted molar refractivity (Wildman–Crippen MR) is 82.5 cm³/mol. The summed E-state index contributed by atoms with van der Waals surface area (Å²) in [6.07, 6.45) is 3.85. The van der Waals surface area contributed by atoms with Crippen LogP contribution in [0.5, 0.6) is 5.75 Å². The normalized spacial score (nSPS) is 11.0. The Kier molecular flexibility index (Phi) is 3.62. The molecule has 0 unspecified atom stereocenters. The van der Waals surface area contributed by atoms with Crippen molar-refractivity contribution in [1.29, 1.82) is 0 Å². The van der Waals surface area contributed by atoms with Crippen LogP contribution in [0.2, 0.25) is 0 Å². The van der Waals surface area contributed by atoms with E-state index in [9.17, 15) is 5.11 Å². The lowest BCUT2D eigenvalue weighted by Crippen LogP contribution is -1.94. The van der Waals surface area contributed by atoms with Crippen LogP contribution in [0.3, 0.4) is 0 Å². The second-order valence-electron chi connectivity index (χ2n) is 5.02. The van der Waals surface area contributed by atoms with E-state index in [1.165, 1.54) is 5.56 Å². The molecule has 0 saturated heterocycles. The van der Waals surface area contributed by atoms with Crippen molar-refractivity contribution >= 4 is 5.65 Å². The maximum absolute atomic E-state index is 9.22. The fraction of sp³-hybridized carbons (Fsp3) is 0.235. The molecule has 0 aliphatic rings. The Morgan fingerprint density at radius 2 is 2.05 bits per heavy atom. The molecule has 0 saturated carbocycles. The van der Waals surface area contributed by atoms with Crippen molar-refractivity contribution in [2.75, 3.05) is 6.61 Å². The maximum Gasteiger partial charge on any atom is 0.137 e. The Bertz CT molecular complexity index is 778. The van der Waals surface area contributed by atoms with Crippen LogP contribution in [-0.4, -0.2) is 21.1 Å². The van der Waals surface area contributed by atoms with Gasteiger partial charge in [0.1, 0.15) is 11.4 Å². The van der Waals surface area contributed by atoms with Gasteiger partial charge in [0, 0.05) is 18.0 Å². The van der Waals surface area contributed by atoms with Crippen molar-refractivity contribution in [3.8, 4) is 17.0 Å². The van der Waals surface area contributed by atoms with Crippen molar-refractivity contribution in [2.24, 2.45) is 0 Å². The van der Waals surface area contributed by atoms with Crippen molar-refractivity contribution < 1.29 is 9.84 Å². The van der Waals surface area contributed by atoms with Gasteiger partial charge in [0.15, 0.2) is 0 Å². The smallest absolute Gasteiger partial charge is 0.137 e. The summed E-state index contributed by atoms with van der Waals surface area (Å²) in [6.45, 7) is 4.68. The van der Waals surface area contributed by atoms with Gasteiger partial charge in [0.25, 0.3) is 0 Å². The Balaban J connectivity index is 2.13. The van der Waals surface area contributed by atoms with E-state index in [1.54, 1.807) is 0 Å². The molecule has 0 bridgehead atoms. The zero-order chi connectivity index (χ0) is 14.8. The van der Waals surface area contributed by atoms with Crippen molar-refractivity contribution in [2.45, 2.75) is 20.5 Å². The Hall–Kier alpha value is -2.33. The van der Waals surface area contributed by atoms with Gasteiger partial charge in [-0.15, -0.1) is 0 Å². The second kappa shape index (κ2) is 5.58. The molecule has 0 radical (unpaired) electrons. The highest BCUT2D eigenvalue weighted by molar-refractivity contribution is 5.70. The summed E-state index contributed by atoms with van der Waals surface area (Å²) in [4.78, 5) is 4.64. The molecule has 3 aromatic rings. The molecule has 2 heterocycles. The molecule has 1 N–H and O–H groups in total. The van der Waals surface area contributed by atoms with Gasteiger partial charge in [0.2, 0.25) is 0 Å². The maximum atomic E-state index is 9.22. The summed E-state index contributed by atoms with van der Waals surface area (Å²) in [6, 6.07) is 9.89. The molecule has 0 aliphatic heterocycles. The molecule has 0 spiro atoms. The van der Waals surface area contributed by atoms with Crippen molar-refractivity contribution in [1.82, 2.24) is 9.38 Å². The summed E-state index contributed by atoms with van der Waals surface area (Å²) in [5.74, 6) is 0.842. The minimum Gasteiger partial charge on any atom is -0.493 e. The lowest BCUT2D eigenvalue weighted by atomic mass is 10.1. The number of hydrogen-bond acceptors (Lipinski definition) is 3. The first-order valence-electron chi connectivity index (χ1n) is 7.03. The first kappa shape index (κ1) is 13.6. The van der Waals surface area contributed by atoms with Gasteiger partial charge in [-0.2, -0.15) is 0 Å². The quantitative estimate of drug-likeness (QED) is 0.799. The van der Waals surface area contributed by atoms with Crippen LogP contribution in [0.4, 0.5) is 0 Å². The number of nitrogens with zero attached hydrogens (tertiary/aromatic N) is 2. The molecule has 4 nitrogen and oxygen atoms in total. The Morgan fingerprint density at radius 1 is 1.19 bits per heavy atom. The number of aryl methyl sites for hydroxylation is 1. The van der Waals surface area contributed by atoms with Crippen molar-refractivity contribution in [3.05, 3.63) is 53.9 Å². The molecule has 21 heavy (non-hydrogen) atoms. The lowest BCUT2D eigenvalue weighted by molar-refractivity contribution is 0.281. The number of fused-ring (bicyclic) bond motifs is 1. The number of benzene rings is 1. The number of aliphatic hydroxyl groups excluding tert-OH is 1. The summed E-state index contributed by atoms with van der Waals surface area (Å²) in [7, 11) is 0. The first-order valence-corrected chi connectivity index (χ1v) is 7.03. The number of aliphatic hydroxyl groups is 1. The van der Waals surface area contributed by atoms with Gasteiger partial charge >= 0.3 is 0 Å². The highest BCUT2D eigenvalue weighted by Gasteiger charge is 2.11. The minimum atomic E-state index is 0.0259. The number of imidazole rings is 1. The van der Waals surface area contributed by atoms with Crippen LogP contribution in [-0.2, 0) is 6.61 Å². The topological polar surface area (TPSA) is 46.8 Å². The van der Waals surface area contributed by atoms with E-state index in [0.29, 0.717) is 6.61 Å². The van der Waals surface area contributed by atoms with E-state index in [2.05, 4.69) is 18.0 Å². The summed E-state index contributed by atoms with van der Waals surface area (Å²) in [5.41, 5.74) is 4.75. The van der Waals surface area contributed by atoms with Crippen LogP contribution in [0.25, 0.3) is 16.9 Å². The van der Waals surface area contributed by atoms with E-state index in [1.807, 2.05) is 48.0 Å². The lowest BCUT2D eigenvalue weighted by Gasteiger charge is -2.08. The Labute approximate surface area is 123 Å². The molecule has 2 aromatic heterocycles. The molecule has 108 valence electrons. The summed E-state index contributed by atoms with van der Waals surface area (Å²) >= 11 is 0. The molecule has 1 aromatic carbocycles. The number of pyridine rings is 1. The van der Waals surface area contributed by atoms with Gasteiger partial charge < -0.3 is 14.2 Å². The molecule has 0 amide bonds. The molecule has 3 rings (SSSR count). The zero-order valence-electron chi connectivity index (χ0n) is 12.2. The van der Waals surface area contributed by atoms with E-state index >= 15 is 0 Å². The number of aromatic nitrogens is 2. The fourth-order valence-electron chi connectivity index (χ4n) is 2.39.